The summed E-state index contributed by atoms with van der Waals surface area (Å²) in [6, 6.07) is 5.10. The van der Waals surface area contributed by atoms with Crippen LogP contribution in [0.2, 0.25) is 5.02 Å². The zero-order chi connectivity index (χ0) is 15.5. The molecule has 0 unspecified atom stereocenters. The van der Waals surface area contributed by atoms with Crippen molar-refractivity contribution in [3.63, 3.8) is 0 Å². The van der Waals surface area contributed by atoms with E-state index in [9.17, 15) is 9.59 Å². The summed E-state index contributed by atoms with van der Waals surface area (Å²) < 4.78 is 6.18. The first-order valence-corrected chi connectivity index (χ1v) is 7.68. The van der Waals surface area contributed by atoms with Crippen molar-refractivity contribution in [1.82, 2.24) is 5.32 Å². The first kappa shape index (κ1) is 16.1. The van der Waals surface area contributed by atoms with Crippen molar-refractivity contribution in [2.75, 3.05) is 6.61 Å². The Balaban J connectivity index is 1.88. The summed E-state index contributed by atoms with van der Waals surface area (Å²) in [4.78, 5) is 22.7. The van der Waals surface area contributed by atoms with Crippen LogP contribution in [0.25, 0.3) is 0 Å². The smallest absolute Gasteiger partial charge is 0.305 e. The van der Waals surface area contributed by atoms with Crippen LogP contribution in [0.1, 0.15) is 25.7 Å². The maximum absolute atomic E-state index is 11.9. The van der Waals surface area contributed by atoms with E-state index in [0.717, 1.165) is 10.9 Å². The van der Waals surface area contributed by atoms with E-state index in [2.05, 4.69) is 21.2 Å². The van der Waals surface area contributed by atoms with Crippen LogP contribution in [0.3, 0.4) is 0 Å². The van der Waals surface area contributed by atoms with Crippen LogP contribution in [0, 0.1) is 0 Å². The van der Waals surface area contributed by atoms with Crippen molar-refractivity contribution in [3.8, 4) is 5.75 Å². The molecule has 0 saturated heterocycles. The lowest BCUT2D eigenvalue weighted by Crippen LogP contribution is -2.55. The van der Waals surface area contributed by atoms with Gasteiger partial charge >= 0.3 is 5.97 Å². The molecule has 0 heterocycles. The lowest BCUT2D eigenvalue weighted by Gasteiger charge is -2.41. The van der Waals surface area contributed by atoms with E-state index >= 15 is 0 Å². The highest BCUT2D eigenvalue weighted by Crippen LogP contribution is 2.35. The SMILES string of the molecule is O=C(O)CC1(NC(=O)COc2ccc(Br)cc2Cl)CCC1. The molecular formula is C14H15BrClNO4. The van der Waals surface area contributed by atoms with Crippen molar-refractivity contribution >= 4 is 39.4 Å². The lowest BCUT2D eigenvalue weighted by molar-refractivity contribution is -0.140. The number of hydrogen-bond donors (Lipinski definition) is 2. The molecule has 2 N–H and O–H groups in total. The largest absolute Gasteiger partial charge is 0.482 e. The molecule has 2 rings (SSSR count). The molecule has 0 radical (unpaired) electrons. The van der Waals surface area contributed by atoms with E-state index in [-0.39, 0.29) is 18.9 Å². The molecule has 1 fully saturated rings. The van der Waals surface area contributed by atoms with E-state index < -0.39 is 11.5 Å². The van der Waals surface area contributed by atoms with Crippen LogP contribution in [0.5, 0.6) is 5.75 Å². The molecule has 1 aromatic rings. The Morgan fingerprint density at radius 2 is 2.14 bits per heavy atom. The molecule has 0 spiro atoms. The Morgan fingerprint density at radius 3 is 2.67 bits per heavy atom. The molecule has 114 valence electrons. The molecule has 0 aliphatic heterocycles. The van der Waals surface area contributed by atoms with Gasteiger partial charge in [0.1, 0.15) is 5.75 Å². The molecule has 0 aromatic heterocycles. The number of benzene rings is 1. The quantitative estimate of drug-likeness (QED) is 0.800. The Morgan fingerprint density at radius 1 is 1.43 bits per heavy atom. The summed E-state index contributed by atoms with van der Waals surface area (Å²) in [6.07, 6.45) is 2.24. The van der Waals surface area contributed by atoms with Gasteiger partial charge in [-0.05, 0) is 37.5 Å². The number of carboxylic acid groups (broad SMARTS) is 1. The van der Waals surface area contributed by atoms with Gasteiger partial charge in [-0.15, -0.1) is 0 Å². The monoisotopic (exact) mass is 375 g/mol. The first-order chi connectivity index (χ1) is 9.90. The zero-order valence-corrected chi connectivity index (χ0v) is 13.5. The maximum Gasteiger partial charge on any atom is 0.305 e. The molecule has 0 bridgehead atoms. The minimum absolute atomic E-state index is 0.0578. The molecule has 1 saturated carbocycles. The van der Waals surface area contributed by atoms with Crippen molar-refractivity contribution in [2.45, 2.75) is 31.2 Å². The minimum atomic E-state index is -0.910. The molecule has 21 heavy (non-hydrogen) atoms. The first-order valence-electron chi connectivity index (χ1n) is 6.51. The number of halogens is 2. The topological polar surface area (TPSA) is 75.6 Å². The standard InChI is InChI=1S/C14H15BrClNO4/c15-9-2-3-11(10(16)6-9)21-8-12(18)17-14(4-1-5-14)7-13(19)20/h2-3,6H,1,4-5,7-8H2,(H,17,18)(H,19,20). The number of nitrogens with one attached hydrogen (secondary N) is 1. The molecule has 1 aliphatic rings. The number of carbonyl (C=O) groups is 2. The van der Waals surface area contributed by atoms with E-state index in [1.165, 1.54) is 0 Å². The van der Waals surface area contributed by atoms with Crippen molar-refractivity contribution < 1.29 is 19.4 Å². The third kappa shape index (κ3) is 4.35. The summed E-state index contributed by atoms with van der Waals surface area (Å²) in [5.74, 6) is -0.835. The van der Waals surface area contributed by atoms with Crippen LogP contribution in [0.4, 0.5) is 0 Å². The number of aliphatic carboxylic acids is 1. The van der Waals surface area contributed by atoms with Crippen LogP contribution in [-0.2, 0) is 9.59 Å². The van der Waals surface area contributed by atoms with Gasteiger partial charge in [-0.3, -0.25) is 9.59 Å². The molecule has 1 amide bonds. The number of rotatable bonds is 6. The van der Waals surface area contributed by atoms with Crippen molar-refractivity contribution in [2.24, 2.45) is 0 Å². The van der Waals surface area contributed by atoms with Crippen LogP contribution >= 0.6 is 27.5 Å². The van der Waals surface area contributed by atoms with Crippen LogP contribution in [0.15, 0.2) is 22.7 Å². The zero-order valence-electron chi connectivity index (χ0n) is 11.2. The van der Waals surface area contributed by atoms with Gasteiger partial charge in [0.05, 0.1) is 17.0 Å². The van der Waals surface area contributed by atoms with Gasteiger partial charge in [-0.2, -0.15) is 0 Å². The predicted molar refractivity (Wildman–Crippen MR) is 81.6 cm³/mol. The highest BCUT2D eigenvalue weighted by Gasteiger charge is 2.40. The number of carboxylic acids is 1. The van der Waals surface area contributed by atoms with Gasteiger partial charge in [0.25, 0.3) is 5.91 Å². The average Bonchev–Trinajstić information content (AvgIpc) is 2.34. The van der Waals surface area contributed by atoms with Crippen molar-refractivity contribution in [1.29, 1.82) is 0 Å². The Bertz CT molecular complexity index is 560. The average molecular weight is 377 g/mol. The van der Waals surface area contributed by atoms with Gasteiger partial charge in [-0.1, -0.05) is 27.5 Å². The van der Waals surface area contributed by atoms with E-state index in [1.807, 2.05) is 0 Å². The van der Waals surface area contributed by atoms with Crippen molar-refractivity contribution in [3.05, 3.63) is 27.7 Å². The fraction of sp³-hybridized carbons (Fsp3) is 0.429. The molecule has 1 aromatic carbocycles. The number of amides is 1. The summed E-state index contributed by atoms with van der Waals surface area (Å²) in [5.41, 5.74) is -0.615. The second-order valence-corrected chi connectivity index (χ2v) is 6.44. The second kappa shape index (κ2) is 6.66. The molecule has 5 nitrogen and oxygen atoms in total. The highest BCUT2D eigenvalue weighted by molar-refractivity contribution is 9.10. The van der Waals surface area contributed by atoms with Gasteiger partial charge in [0.2, 0.25) is 0 Å². The summed E-state index contributed by atoms with van der Waals surface area (Å²) in [7, 11) is 0. The number of ether oxygens (including phenoxy) is 1. The van der Waals surface area contributed by atoms with E-state index in [0.29, 0.717) is 23.6 Å². The Hall–Kier alpha value is -1.27. The Labute approximate surface area is 135 Å². The predicted octanol–water partition coefficient (Wildman–Crippen LogP) is 2.99. The fourth-order valence-electron chi connectivity index (χ4n) is 2.31. The van der Waals surface area contributed by atoms with Gasteiger partial charge in [0.15, 0.2) is 6.61 Å². The highest BCUT2D eigenvalue weighted by atomic mass is 79.9. The maximum atomic E-state index is 11.9. The van der Waals surface area contributed by atoms with Gasteiger partial charge in [0, 0.05) is 4.47 Å². The Kier molecular flexibility index (Phi) is 5.11. The molecule has 1 aliphatic carbocycles. The molecule has 7 heteroatoms. The summed E-state index contributed by atoms with van der Waals surface area (Å²) in [6.45, 7) is -0.192. The number of hydrogen-bond acceptors (Lipinski definition) is 3. The third-order valence-corrected chi connectivity index (χ3v) is 4.25. The number of carbonyl (C=O) groups excluding carboxylic acids is 1. The van der Waals surface area contributed by atoms with Gasteiger partial charge < -0.3 is 15.2 Å². The van der Waals surface area contributed by atoms with Crippen LogP contribution in [-0.4, -0.2) is 29.1 Å². The summed E-state index contributed by atoms with van der Waals surface area (Å²) in [5, 5.41) is 12.1. The normalized spacial score (nSPS) is 15.9. The minimum Gasteiger partial charge on any atom is -0.482 e. The lowest BCUT2D eigenvalue weighted by atomic mass is 9.74. The van der Waals surface area contributed by atoms with E-state index in [1.54, 1.807) is 18.2 Å². The van der Waals surface area contributed by atoms with E-state index in [4.69, 9.17) is 21.4 Å². The third-order valence-electron chi connectivity index (χ3n) is 3.46. The molecular weight excluding hydrogens is 362 g/mol. The summed E-state index contributed by atoms with van der Waals surface area (Å²) >= 11 is 9.27. The fourth-order valence-corrected chi connectivity index (χ4v) is 3.03. The molecule has 0 atom stereocenters. The van der Waals surface area contributed by atoms with Crippen LogP contribution < -0.4 is 10.1 Å². The second-order valence-electron chi connectivity index (χ2n) is 5.12. The van der Waals surface area contributed by atoms with Gasteiger partial charge in [-0.25, -0.2) is 0 Å².